The topological polar surface area (TPSA) is 55.1 Å². The molecule has 1 aromatic carbocycles. The van der Waals surface area contributed by atoms with Crippen LogP contribution in [0.15, 0.2) is 30.3 Å². The van der Waals surface area contributed by atoms with Crippen LogP contribution < -0.4 is 11.1 Å². The molecule has 0 aliphatic carbocycles. The molecule has 0 saturated heterocycles. The highest BCUT2D eigenvalue weighted by atomic mass is 35.5. The number of hydrogen-bond acceptors (Lipinski definition) is 4. The number of carbonyl (C=O) groups is 1. The number of benzene rings is 1. The molecule has 3 N–H and O–H groups in total. The minimum atomic E-state index is 0.0866. The van der Waals surface area contributed by atoms with E-state index in [1.807, 2.05) is 30.3 Å². The molecule has 0 radical (unpaired) electrons. The molecular formula is C14H15ClN2OS. The standard InChI is InChI=1S/C14H15ClN2OS/c1-9(18)13-4-5-14(19-13)10-2-3-12(11(15)8-10)17-7-6-16/h2-5,8,17H,6-7,16H2,1H3. The van der Waals surface area contributed by atoms with Crippen LogP contribution in [0.25, 0.3) is 10.4 Å². The van der Waals surface area contributed by atoms with E-state index < -0.39 is 0 Å². The van der Waals surface area contributed by atoms with Gasteiger partial charge in [-0.1, -0.05) is 17.7 Å². The third-order valence-corrected chi connectivity index (χ3v) is 4.21. The summed E-state index contributed by atoms with van der Waals surface area (Å²) >= 11 is 7.70. The van der Waals surface area contributed by atoms with Gasteiger partial charge in [0.05, 0.1) is 15.6 Å². The summed E-state index contributed by atoms with van der Waals surface area (Å²) in [6, 6.07) is 9.61. The largest absolute Gasteiger partial charge is 0.383 e. The maximum atomic E-state index is 11.3. The highest BCUT2D eigenvalue weighted by Crippen LogP contribution is 2.33. The Morgan fingerprint density at radius 2 is 2.16 bits per heavy atom. The monoisotopic (exact) mass is 294 g/mol. The van der Waals surface area contributed by atoms with Gasteiger partial charge in [-0.2, -0.15) is 0 Å². The molecule has 0 spiro atoms. The highest BCUT2D eigenvalue weighted by Gasteiger charge is 2.08. The second-order valence-electron chi connectivity index (χ2n) is 4.13. The Balaban J connectivity index is 2.25. The average Bonchev–Trinajstić information content (AvgIpc) is 2.87. The zero-order chi connectivity index (χ0) is 13.8. The van der Waals surface area contributed by atoms with Crippen LogP contribution in [-0.2, 0) is 0 Å². The first-order chi connectivity index (χ1) is 9.11. The van der Waals surface area contributed by atoms with Gasteiger partial charge >= 0.3 is 0 Å². The molecule has 0 fully saturated rings. The number of ketones is 1. The Morgan fingerprint density at radius 3 is 2.74 bits per heavy atom. The molecule has 0 saturated carbocycles. The van der Waals surface area contributed by atoms with Gasteiger partial charge in [0.25, 0.3) is 0 Å². The number of hydrogen-bond donors (Lipinski definition) is 2. The molecule has 0 unspecified atom stereocenters. The normalized spacial score (nSPS) is 10.5. The first kappa shape index (κ1) is 14.1. The number of halogens is 1. The molecular weight excluding hydrogens is 280 g/mol. The van der Waals surface area contributed by atoms with E-state index in [9.17, 15) is 4.79 Å². The van der Waals surface area contributed by atoms with E-state index in [0.717, 1.165) is 21.0 Å². The summed E-state index contributed by atoms with van der Waals surface area (Å²) in [5.74, 6) is 0.0866. The molecule has 1 heterocycles. The molecule has 0 amide bonds. The van der Waals surface area contributed by atoms with E-state index in [2.05, 4.69) is 5.32 Å². The predicted molar refractivity (Wildman–Crippen MR) is 82.3 cm³/mol. The van der Waals surface area contributed by atoms with Crippen molar-refractivity contribution in [3.8, 4) is 10.4 Å². The lowest BCUT2D eigenvalue weighted by Crippen LogP contribution is -2.13. The molecule has 2 rings (SSSR count). The van der Waals surface area contributed by atoms with Crippen molar-refractivity contribution in [2.75, 3.05) is 18.4 Å². The van der Waals surface area contributed by atoms with Crippen LogP contribution >= 0.6 is 22.9 Å². The second kappa shape index (κ2) is 6.19. The Labute approximate surface area is 121 Å². The zero-order valence-corrected chi connectivity index (χ0v) is 12.1. The smallest absolute Gasteiger partial charge is 0.169 e. The summed E-state index contributed by atoms with van der Waals surface area (Å²) in [4.78, 5) is 13.1. The summed E-state index contributed by atoms with van der Waals surface area (Å²) in [5, 5.41) is 3.81. The van der Waals surface area contributed by atoms with Crippen molar-refractivity contribution in [3.63, 3.8) is 0 Å². The van der Waals surface area contributed by atoms with Crippen molar-refractivity contribution in [3.05, 3.63) is 40.2 Å². The van der Waals surface area contributed by atoms with Crippen LogP contribution in [0.5, 0.6) is 0 Å². The van der Waals surface area contributed by atoms with Crippen molar-refractivity contribution in [1.29, 1.82) is 0 Å². The Hall–Kier alpha value is -1.36. The van der Waals surface area contributed by atoms with Gasteiger partial charge in [0.1, 0.15) is 0 Å². The Bertz CT molecular complexity index is 595. The van der Waals surface area contributed by atoms with E-state index in [1.54, 1.807) is 6.92 Å². The molecule has 19 heavy (non-hydrogen) atoms. The number of Topliss-reactive ketones (excluding diaryl/α,β-unsaturated/α-hetero) is 1. The van der Waals surface area contributed by atoms with Gasteiger partial charge in [-0.05, 0) is 36.8 Å². The molecule has 0 bridgehead atoms. The number of carbonyl (C=O) groups excluding carboxylic acids is 1. The summed E-state index contributed by atoms with van der Waals surface area (Å²) in [6.45, 7) is 2.82. The van der Waals surface area contributed by atoms with Crippen LogP contribution in [0.3, 0.4) is 0 Å². The van der Waals surface area contributed by atoms with E-state index >= 15 is 0 Å². The highest BCUT2D eigenvalue weighted by molar-refractivity contribution is 7.17. The molecule has 3 nitrogen and oxygen atoms in total. The van der Waals surface area contributed by atoms with Crippen LogP contribution in [0, 0.1) is 0 Å². The SMILES string of the molecule is CC(=O)c1ccc(-c2ccc(NCCN)c(Cl)c2)s1. The lowest BCUT2D eigenvalue weighted by Gasteiger charge is -2.08. The van der Waals surface area contributed by atoms with Gasteiger partial charge < -0.3 is 11.1 Å². The van der Waals surface area contributed by atoms with E-state index in [4.69, 9.17) is 17.3 Å². The van der Waals surface area contributed by atoms with Gasteiger partial charge in [-0.3, -0.25) is 4.79 Å². The molecule has 0 aliphatic heterocycles. The molecule has 100 valence electrons. The van der Waals surface area contributed by atoms with Crippen LogP contribution in [0.1, 0.15) is 16.6 Å². The lowest BCUT2D eigenvalue weighted by atomic mass is 10.1. The number of nitrogens with one attached hydrogen (secondary N) is 1. The van der Waals surface area contributed by atoms with Crippen molar-refractivity contribution < 1.29 is 4.79 Å². The van der Waals surface area contributed by atoms with E-state index in [0.29, 0.717) is 18.1 Å². The van der Waals surface area contributed by atoms with Crippen molar-refractivity contribution in [1.82, 2.24) is 0 Å². The molecule has 0 aliphatic rings. The molecule has 2 aromatic rings. The van der Waals surface area contributed by atoms with Crippen LogP contribution in [0.4, 0.5) is 5.69 Å². The minimum Gasteiger partial charge on any atom is -0.383 e. The van der Waals surface area contributed by atoms with Gasteiger partial charge in [0.15, 0.2) is 5.78 Å². The Morgan fingerprint density at radius 1 is 1.37 bits per heavy atom. The van der Waals surface area contributed by atoms with Crippen LogP contribution in [0.2, 0.25) is 5.02 Å². The fourth-order valence-corrected chi connectivity index (χ4v) is 2.85. The van der Waals surface area contributed by atoms with Crippen molar-refractivity contribution >= 4 is 34.4 Å². The molecule has 0 atom stereocenters. The fraction of sp³-hybridized carbons (Fsp3) is 0.214. The lowest BCUT2D eigenvalue weighted by molar-refractivity contribution is 0.102. The van der Waals surface area contributed by atoms with Crippen LogP contribution in [-0.4, -0.2) is 18.9 Å². The summed E-state index contributed by atoms with van der Waals surface area (Å²) in [7, 11) is 0. The predicted octanol–water partition coefficient (Wildman–Crippen LogP) is 3.64. The first-order valence-corrected chi connectivity index (χ1v) is 7.16. The third-order valence-electron chi connectivity index (χ3n) is 2.67. The van der Waals surface area contributed by atoms with Gasteiger partial charge in [-0.15, -0.1) is 11.3 Å². The van der Waals surface area contributed by atoms with Gasteiger partial charge in [0.2, 0.25) is 0 Å². The summed E-state index contributed by atoms with van der Waals surface area (Å²) < 4.78 is 0. The number of thiophene rings is 1. The summed E-state index contributed by atoms with van der Waals surface area (Å²) in [6.07, 6.45) is 0. The van der Waals surface area contributed by atoms with E-state index in [1.165, 1.54) is 11.3 Å². The Kier molecular flexibility index (Phi) is 4.58. The van der Waals surface area contributed by atoms with Gasteiger partial charge in [0, 0.05) is 18.0 Å². The van der Waals surface area contributed by atoms with Crippen molar-refractivity contribution in [2.24, 2.45) is 5.73 Å². The first-order valence-electron chi connectivity index (χ1n) is 5.96. The fourth-order valence-electron chi connectivity index (χ4n) is 1.70. The average molecular weight is 295 g/mol. The third kappa shape index (κ3) is 3.35. The zero-order valence-electron chi connectivity index (χ0n) is 10.6. The van der Waals surface area contributed by atoms with E-state index in [-0.39, 0.29) is 5.78 Å². The number of nitrogens with two attached hydrogens (primary N) is 1. The molecule has 5 heteroatoms. The maximum Gasteiger partial charge on any atom is 0.169 e. The number of rotatable bonds is 5. The minimum absolute atomic E-state index is 0.0866. The maximum absolute atomic E-state index is 11.3. The quantitative estimate of drug-likeness (QED) is 0.828. The summed E-state index contributed by atoms with van der Waals surface area (Å²) in [5.41, 5.74) is 7.33. The molecule has 1 aromatic heterocycles. The van der Waals surface area contributed by atoms with Crippen molar-refractivity contribution in [2.45, 2.75) is 6.92 Å². The second-order valence-corrected chi connectivity index (χ2v) is 5.62. The number of anilines is 1. The van der Waals surface area contributed by atoms with Gasteiger partial charge in [-0.25, -0.2) is 0 Å².